The van der Waals surface area contributed by atoms with Gasteiger partial charge < -0.3 is 5.32 Å². The molecule has 1 saturated heterocycles. The third kappa shape index (κ3) is 2.80. The minimum absolute atomic E-state index is 0. The van der Waals surface area contributed by atoms with E-state index in [1.165, 1.54) is 64.7 Å². The highest BCUT2D eigenvalue weighted by Gasteiger charge is 2.43. The Morgan fingerprint density at radius 2 is 1.94 bits per heavy atom. The van der Waals surface area contributed by atoms with Crippen molar-refractivity contribution < 1.29 is 0 Å². The highest BCUT2D eigenvalue weighted by molar-refractivity contribution is 5.85. The van der Waals surface area contributed by atoms with Crippen molar-refractivity contribution in [2.45, 2.75) is 51.0 Å². The molecule has 3 heteroatoms. The summed E-state index contributed by atoms with van der Waals surface area (Å²) < 4.78 is 0. The van der Waals surface area contributed by atoms with Crippen LogP contribution in [0.1, 0.15) is 45.4 Å². The molecule has 100 valence electrons. The molecule has 3 aliphatic rings. The first-order chi connectivity index (χ1) is 7.80. The van der Waals surface area contributed by atoms with Crippen molar-refractivity contribution in [3.63, 3.8) is 0 Å². The molecule has 1 aliphatic heterocycles. The van der Waals surface area contributed by atoms with Crippen molar-refractivity contribution in [3.05, 3.63) is 0 Å². The van der Waals surface area contributed by atoms with E-state index in [9.17, 15) is 0 Å². The maximum absolute atomic E-state index is 3.64. The van der Waals surface area contributed by atoms with Crippen molar-refractivity contribution in [3.8, 4) is 0 Å². The van der Waals surface area contributed by atoms with Gasteiger partial charge in [0.05, 0.1) is 0 Å². The Morgan fingerprint density at radius 3 is 2.59 bits per heavy atom. The lowest BCUT2D eigenvalue weighted by Crippen LogP contribution is -2.62. The molecule has 3 rings (SSSR count). The summed E-state index contributed by atoms with van der Waals surface area (Å²) in [5, 5.41) is 3.64. The quantitative estimate of drug-likeness (QED) is 0.819. The SMILES string of the molecule is CC1CC1CN1CCNCC12CCCCC2.Cl. The summed E-state index contributed by atoms with van der Waals surface area (Å²) in [5.74, 6) is 2.03. The molecule has 0 aromatic heterocycles. The highest BCUT2D eigenvalue weighted by Crippen LogP contribution is 2.42. The molecule has 0 aromatic rings. The van der Waals surface area contributed by atoms with Crippen molar-refractivity contribution >= 4 is 12.4 Å². The first-order valence-corrected chi connectivity index (χ1v) is 7.26. The Labute approximate surface area is 112 Å². The van der Waals surface area contributed by atoms with Gasteiger partial charge in [0.1, 0.15) is 0 Å². The number of hydrogen-bond donors (Lipinski definition) is 1. The Balaban J connectivity index is 0.00000108. The first kappa shape index (κ1) is 13.6. The normalized spacial score (nSPS) is 36.5. The van der Waals surface area contributed by atoms with Crippen LogP contribution in [0.4, 0.5) is 0 Å². The first-order valence-electron chi connectivity index (χ1n) is 7.26. The molecule has 2 unspecified atom stereocenters. The van der Waals surface area contributed by atoms with Crippen LogP contribution in [-0.2, 0) is 0 Å². The lowest BCUT2D eigenvalue weighted by atomic mass is 9.79. The zero-order valence-electron chi connectivity index (χ0n) is 11.1. The third-order valence-corrected chi connectivity index (χ3v) is 5.20. The second kappa shape index (κ2) is 5.46. The van der Waals surface area contributed by atoms with Gasteiger partial charge in [-0.15, -0.1) is 12.4 Å². The molecule has 1 N–H and O–H groups in total. The van der Waals surface area contributed by atoms with E-state index >= 15 is 0 Å². The Hall–Kier alpha value is 0.210. The van der Waals surface area contributed by atoms with Gasteiger partial charge in [-0.1, -0.05) is 26.2 Å². The van der Waals surface area contributed by atoms with Gasteiger partial charge in [-0.3, -0.25) is 4.90 Å². The van der Waals surface area contributed by atoms with E-state index in [1.807, 2.05) is 0 Å². The number of hydrogen-bond acceptors (Lipinski definition) is 2. The van der Waals surface area contributed by atoms with Gasteiger partial charge in [0.2, 0.25) is 0 Å². The number of rotatable bonds is 2. The highest BCUT2D eigenvalue weighted by atomic mass is 35.5. The maximum atomic E-state index is 3.64. The van der Waals surface area contributed by atoms with Crippen LogP contribution >= 0.6 is 12.4 Å². The molecule has 17 heavy (non-hydrogen) atoms. The van der Waals surface area contributed by atoms with Gasteiger partial charge in [-0.2, -0.15) is 0 Å². The lowest BCUT2D eigenvalue weighted by Gasteiger charge is -2.50. The van der Waals surface area contributed by atoms with E-state index in [-0.39, 0.29) is 12.4 Å². The molecule has 2 saturated carbocycles. The third-order valence-electron chi connectivity index (χ3n) is 5.20. The smallest absolute Gasteiger partial charge is 0.0334 e. The van der Waals surface area contributed by atoms with Gasteiger partial charge >= 0.3 is 0 Å². The lowest BCUT2D eigenvalue weighted by molar-refractivity contribution is 0.0230. The molecule has 0 radical (unpaired) electrons. The van der Waals surface area contributed by atoms with Crippen LogP contribution in [0, 0.1) is 11.8 Å². The fourth-order valence-electron chi connectivity index (χ4n) is 3.81. The van der Waals surface area contributed by atoms with E-state index in [0.29, 0.717) is 5.54 Å². The average molecular weight is 259 g/mol. The van der Waals surface area contributed by atoms with Crippen molar-refractivity contribution in [1.29, 1.82) is 0 Å². The van der Waals surface area contributed by atoms with Gasteiger partial charge in [-0.25, -0.2) is 0 Å². The fourth-order valence-corrected chi connectivity index (χ4v) is 3.81. The van der Waals surface area contributed by atoms with Crippen LogP contribution in [0.25, 0.3) is 0 Å². The van der Waals surface area contributed by atoms with Crippen molar-refractivity contribution in [2.24, 2.45) is 11.8 Å². The molecule has 2 aliphatic carbocycles. The minimum atomic E-state index is 0. The van der Waals surface area contributed by atoms with E-state index < -0.39 is 0 Å². The van der Waals surface area contributed by atoms with Crippen LogP contribution in [-0.4, -0.2) is 36.6 Å². The molecule has 2 atom stereocenters. The molecular formula is C14H27ClN2. The molecule has 0 aromatic carbocycles. The molecule has 0 amide bonds. The van der Waals surface area contributed by atoms with E-state index in [1.54, 1.807) is 0 Å². The zero-order chi connectivity index (χ0) is 11.0. The van der Waals surface area contributed by atoms with Gasteiger partial charge in [0, 0.05) is 31.7 Å². The Morgan fingerprint density at radius 1 is 1.24 bits per heavy atom. The predicted molar refractivity (Wildman–Crippen MR) is 74.8 cm³/mol. The van der Waals surface area contributed by atoms with Crippen molar-refractivity contribution in [2.75, 3.05) is 26.2 Å². The number of halogens is 1. The maximum Gasteiger partial charge on any atom is 0.0334 e. The van der Waals surface area contributed by atoms with Gasteiger partial charge in [-0.05, 0) is 31.1 Å². The minimum Gasteiger partial charge on any atom is -0.314 e. The number of piperazine rings is 1. The summed E-state index contributed by atoms with van der Waals surface area (Å²) in [6.07, 6.45) is 8.76. The summed E-state index contributed by atoms with van der Waals surface area (Å²) in [4.78, 5) is 2.86. The number of nitrogens with zero attached hydrogens (tertiary/aromatic N) is 1. The molecule has 1 heterocycles. The molecule has 1 spiro atoms. The fraction of sp³-hybridized carbons (Fsp3) is 1.00. The molecule has 3 fully saturated rings. The average Bonchev–Trinajstić information content (AvgIpc) is 2.99. The standard InChI is InChI=1S/C14H26N2.ClH/c1-12-9-13(12)10-16-8-7-15-11-14(16)5-3-2-4-6-14;/h12-13,15H,2-11H2,1H3;1H. The predicted octanol–water partition coefficient (Wildman–Crippen LogP) is 2.67. The molecule has 0 bridgehead atoms. The summed E-state index contributed by atoms with van der Waals surface area (Å²) in [6, 6.07) is 0. The zero-order valence-corrected chi connectivity index (χ0v) is 11.9. The summed E-state index contributed by atoms with van der Waals surface area (Å²) >= 11 is 0. The molecule has 2 nitrogen and oxygen atoms in total. The monoisotopic (exact) mass is 258 g/mol. The van der Waals surface area contributed by atoms with Gasteiger partial charge in [0.25, 0.3) is 0 Å². The number of nitrogens with one attached hydrogen (secondary N) is 1. The van der Waals surface area contributed by atoms with E-state index in [0.717, 1.165) is 11.8 Å². The second-order valence-corrected chi connectivity index (χ2v) is 6.38. The Bertz CT molecular complexity index is 242. The van der Waals surface area contributed by atoms with Crippen molar-refractivity contribution in [1.82, 2.24) is 10.2 Å². The van der Waals surface area contributed by atoms with Gasteiger partial charge in [0.15, 0.2) is 0 Å². The van der Waals surface area contributed by atoms with Crippen LogP contribution in [0.15, 0.2) is 0 Å². The topological polar surface area (TPSA) is 15.3 Å². The van der Waals surface area contributed by atoms with Crippen LogP contribution in [0.3, 0.4) is 0 Å². The Kier molecular flexibility index (Phi) is 4.38. The van der Waals surface area contributed by atoms with E-state index in [4.69, 9.17) is 0 Å². The largest absolute Gasteiger partial charge is 0.314 e. The summed E-state index contributed by atoms with van der Waals surface area (Å²) in [6.45, 7) is 7.57. The van der Waals surface area contributed by atoms with E-state index in [2.05, 4.69) is 17.1 Å². The van der Waals surface area contributed by atoms with Crippen LogP contribution < -0.4 is 5.32 Å². The van der Waals surface area contributed by atoms with Crippen LogP contribution in [0.2, 0.25) is 0 Å². The summed E-state index contributed by atoms with van der Waals surface area (Å²) in [5.41, 5.74) is 0.554. The molecular weight excluding hydrogens is 232 g/mol. The van der Waals surface area contributed by atoms with Crippen LogP contribution in [0.5, 0.6) is 0 Å². The summed E-state index contributed by atoms with van der Waals surface area (Å²) in [7, 11) is 0. The second-order valence-electron chi connectivity index (χ2n) is 6.38.